The Kier molecular flexibility index (Phi) is 3.83. The Morgan fingerprint density at radius 1 is 1.44 bits per heavy atom. The lowest BCUT2D eigenvalue weighted by atomic mass is 9.98. The number of nitrogens with one attached hydrogen (secondary N) is 1. The van der Waals surface area contributed by atoms with E-state index >= 15 is 0 Å². The predicted octanol–water partition coefficient (Wildman–Crippen LogP) is 3.07. The second-order valence-electron chi connectivity index (χ2n) is 4.45. The summed E-state index contributed by atoms with van der Waals surface area (Å²) in [4.78, 5) is 0. The molecule has 2 heteroatoms. The van der Waals surface area contributed by atoms with Crippen molar-refractivity contribution in [3.8, 4) is 5.75 Å². The molecule has 0 bridgehead atoms. The first kappa shape index (κ1) is 11.5. The van der Waals surface area contributed by atoms with Crippen LogP contribution in [0.4, 0.5) is 0 Å². The quantitative estimate of drug-likeness (QED) is 0.821. The van der Waals surface area contributed by atoms with E-state index < -0.39 is 0 Å². The Morgan fingerprint density at radius 2 is 2.31 bits per heavy atom. The Labute approximate surface area is 98.0 Å². The van der Waals surface area contributed by atoms with Crippen LogP contribution in [-0.2, 0) is 6.42 Å². The molecule has 1 aromatic rings. The average Bonchev–Trinajstić information content (AvgIpc) is 2.77. The minimum absolute atomic E-state index is 0.492. The molecule has 0 amide bonds. The number of unbranched alkanes of at least 4 members (excludes halogenated alkanes) is 1. The topological polar surface area (TPSA) is 21.3 Å². The number of benzene rings is 1. The highest BCUT2D eigenvalue weighted by Crippen LogP contribution is 2.29. The zero-order valence-corrected chi connectivity index (χ0v) is 10.3. The zero-order chi connectivity index (χ0) is 11.4. The van der Waals surface area contributed by atoms with E-state index in [-0.39, 0.29) is 0 Å². The summed E-state index contributed by atoms with van der Waals surface area (Å²) in [5.74, 6) is 1.08. The van der Waals surface area contributed by atoms with E-state index in [1.54, 1.807) is 0 Å². The molecule has 1 unspecified atom stereocenters. The molecule has 1 aromatic carbocycles. The van der Waals surface area contributed by atoms with Crippen LogP contribution < -0.4 is 10.1 Å². The van der Waals surface area contributed by atoms with Gasteiger partial charge in [0.2, 0.25) is 0 Å². The number of hydrogen-bond donors (Lipinski definition) is 1. The molecule has 1 atom stereocenters. The third-order valence-electron chi connectivity index (χ3n) is 3.31. The lowest BCUT2D eigenvalue weighted by Crippen LogP contribution is -2.16. The molecule has 0 saturated heterocycles. The van der Waals surface area contributed by atoms with Crippen molar-refractivity contribution in [1.29, 1.82) is 0 Å². The summed E-state index contributed by atoms with van der Waals surface area (Å²) in [6.45, 7) is 3.08. The third kappa shape index (κ3) is 2.38. The highest BCUT2D eigenvalue weighted by atomic mass is 16.5. The normalized spacial score (nSPS) is 15.6. The molecule has 1 heterocycles. The predicted molar refractivity (Wildman–Crippen MR) is 67.0 cm³/mol. The minimum Gasteiger partial charge on any atom is -0.493 e. The zero-order valence-electron chi connectivity index (χ0n) is 10.3. The average molecular weight is 219 g/mol. The van der Waals surface area contributed by atoms with Crippen LogP contribution in [0.5, 0.6) is 5.75 Å². The van der Waals surface area contributed by atoms with Gasteiger partial charge in [-0.05, 0) is 30.7 Å². The summed E-state index contributed by atoms with van der Waals surface area (Å²) in [5.41, 5.74) is 2.77. The van der Waals surface area contributed by atoms with Crippen molar-refractivity contribution < 1.29 is 4.74 Å². The molecule has 0 spiro atoms. The lowest BCUT2D eigenvalue weighted by Gasteiger charge is -2.17. The maximum Gasteiger partial charge on any atom is 0.122 e. The molecule has 0 saturated carbocycles. The maximum atomic E-state index is 5.53. The van der Waals surface area contributed by atoms with Crippen LogP contribution in [0.25, 0.3) is 0 Å². The van der Waals surface area contributed by atoms with Crippen LogP contribution in [-0.4, -0.2) is 13.7 Å². The van der Waals surface area contributed by atoms with Crippen molar-refractivity contribution in [1.82, 2.24) is 5.32 Å². The molecule has 0 fully saturated rings. The standard InChI is InChI=1S/C14H21NO/c1-3-4-5-13(15-2)11-6-7-14-12(10-11)8-9-16-14/h6-7,10,13,15H,3-5,8-9H2,1-2H3. The van der Waals surface area contributed by atoms with Crippen LogP contribution in [0.2, 0.25) is 0 Å². The first-order valence-electron chi connectivity index (χ1n) is 6.28. The van der Waals surface area contributed by atoms with Gasteiger partial charge in [0.1, 0.15) is 5.75 Å². The number of fused-ring (bicyclic) bond motifs is 1. The van der Waals surface area contributed by atoms with Crippen molar-refractivity contribution in [2.75, 3.05) is 13.7 Å². The first-order chi connectivity index (χ1) is 7.85. The van der Waals surface area contributed by atoms with E-state index in [0.29, 0.717) is 6.04 Å². The van der Waals surface area contributed by atoms with Crippen LogP contribution >= 0.6 is 0 Å². The maximum absolute atomic E-state index is 5.53. The molecule has 1 N–H and O–H groups in total. The summed E-state index contributed by atoms with van der Waals surface area (Å²) < 4.78 is 5.53. The molecule has 88 valence electrons. The fraction of sp³-hybridized carbons (Fsp3) is 0.571. The second-order valence-corrected chi connectivity index (χ2v) is 4.45. The summed E-state index contributed by atoms with van der Waals surface area (Å²) in [7, 11) is 2.05. The van der Waals surface area contributed by atoms with Crippen molar-refractivity contribution >= 4 is 0 Å². The van der Waals surface area contributed by atoms with Crippen LogP contribution in [0.1, 0.15) is 43.4 Å². The minimum atomic E-state index is 0.492. The van der Waals surface area contributed by atoms with Gasteiger partial charge < -0.3 is 10.1 Å². The van der Waals surface area contributed by atoms with Crippen LogP contribution in [0.15, 0.2) is 18.2 Å². The Morgan fingerprint density at radius 3 is 3.06 bits per heavy atom. The Balaban J connectivity index is 2.12. The van der Waals surface area contributed by atoms with Gasteiger partial charge in [0.05, 0.1) is 6.61 Å². The summed E-state index contributed by atoms with van der Waals surface area (Å²) in [6, 6.07) is 7.11. The smallest absolute Gasteiger partial charge is 0.122 e. The van der Waals surface area contributed by atoms with Gasteiger partial charge in [-0.2, -0.15) is 0 Å². The van der Waals surface area contributed by atoms with Gasteiger partial charge >= 0.3 is 0 Å². The van der Waals surface area contributed by atoms with Crippen molar-refractivity contribution in [2.24, 2.45) is 0 Å². The van der Waals surface area contributed by atoms with E-state index in [1.807, 2.05) is 7.05 Å². The van der Waals surface area contributed by atoms with Gasteiger partial charge in [-0.1, -0.05) is 31.9 Å². The van der Waals surface area contributed by atoms with Gasteiger partial charge in [0.15, 0.2) is 0 Å². The molecule has 0 radical (unpaired) electrons. The summed E-state index contributed by atoms with van der Waals surface area (Å²) in [5, 5.41) is 3.40. The molecule has 16 heavy (non-hydrogen) atoms. The van der Waals surface area contributed by atoms with Crippen molar-refractivity contribution in [2.45, 2.75) is 38.6 Å². The fourth-order valence-corrected chi connectivity index (χ4v) is 2.31. The molecule has 1 aliphatic rings. The fourth-order valence-electron chi connectivity index (χ4n) is 2.31. The van der Waals surface area contributed by atoms with E-state index in [2.05, 4.69) is 30.4 Å². The lowest BCUT2D eigenvalue weighted by molar-refractivity contribution is 0.356. The third-order valence-corrected chi connectivity index (χ3v) is 3.31. The first-order valence-corrected chi connectivity index (χ1v) is 6.28. The second kappa shape index (κ2) is 5.35. The van der Waals surface area contributed by atoms with Crippen LogP contribution in [0.3, 0.4) is 0 Å². The van der Waals surface area contributed by atoms with E-state index in [9.17, 15) is 0 Å². The molecule has 0 aliphatic carbocycles. The summed E-state index contributed by atoms with van der Waals surface area (Å²) in [6.07, 6.45) is 4.81. The van der Waals surface area contributed by atoms with E-state index in [4.69, 9.17) is 4.74 Å². The van der Waals surface area contributed by atoms with Gasteiger partial charge in [-0.15, -0.1) is 0 Å². The molecular weight excluding hydrogens is 198 g/mol. The monoisotopic (exact) mass is 219 g/mol. The number of rotatable bonds is 5. The highest BCUT2D eigenvalue weighted by molar-refractivity contribution is 5.40. The van der Waals surface area contributed by atoms with Gasteiger partial charge in [-0.25, -0.2) is 0 Å². The number of ether oxygens (including phenoxy) is 1. The number of hydrogen-bond acceptors (Lipinski definition) is 2. The Hall–Kier alpha value is -1.02. The molecule has 0 aromatic heterocycles. The summed E-state index contributed by atoms with van der Waals surface area (Å²) >= 11 is 0. The van der Waals surface area contributed by atoms with E-state index in [0.717, 1.165) is 18.8 Å². The molecule has 2 nitrogen and oxygen atoms in total. The largest absolute Gasteiger partial charge is 0.493 e. The van der Waals surface area contributed by atoms with Gasteiger partial charge in [0.25, 0.3) is 0 Å². The van der Waals surface area contributed by atoms with Crippen molar-refractivity contribution in [3.05, 3.63) is 29.3 Å². The highest BCUT2D eigenvalue weighted by Gasteiger charge is 2.15. The van der Waals surface area contributed by atoms with Crippen LogP contribution in [0, 0.1) is 0 Å². The molecule has 2 rings (SSSR count). The van der Waals surface area contributed by atoms with Gasteiger partial charge in [0, 0.05) is 12.5 Å². The molecule has 1 aliphatic heterocycles. The Bertz CT molecular complexity index is 349. The molecular formula is C14H21NO. The van der Waals surface area contributed by atoms with E-state index in [1.165, 1.54) is 30.4 Å². The van der Waals surface area contributed by atoms with Gasteiger partial charge in [-0.3, -0.25) is 0 Å². The van der Waals surface area contributed by atoms with Crippen molar-refractivity contribution in [3.63, 3.8) is 0 Å². The SMILES string of the molecule is CCCCC(NC)c1ccc2c(c1)CCO2.